The van der Waals surface area contributed by atoms with Gasteiger partial charge in [0.05, 0.1) is 4.92 Å². The minimum atomic E-state index is -0.367. The van der Waals surface area contributed by atoms with Crippen molar-refractivity contribution >= 4 is 40.3 Å². The normalized spacial score (nSPS) is 19.9. The molecule has 0 aromatic heterocycles. The van der Waals surface area contributed by atoms with Crippen molar-refractivity contribution in [3.05, 3.63) is 133 Å². The highest BCUT2D eigenvalue weighted by molar-refractivity contribution is 6.31. The van der Waals surface area contributed by atoms with E-state index < -0.39 is 0 Å². The monoisotopic (exact) mass is 573 g/mol. The fourth-order valence-electron chi connectivity index (χ4n) is 6.13. The van der Waals surface area contributed by atoms with Gasteiger partial charge < -0.3 is 9.80 Å². The number of nitro groups is 1. The first kappa shape index (κ1) is 28.0. The number of hydrogen-bond acceptors (Lipinski definition) is 4. The standard InChI is InChI=1S/C33H33Cl2N3O2/c1-32(2)26-19-23(34)12-16-28(26)36(5)30(32)9-7-8-22(21-10-14-25(15-11-21)38(39)40)18-31-33(3,4)27-20-24(35)13-17-29(27)37(31)6/h7-20,22H,1-6H3/b8-7+,30-9-,31-18+. The zero-order chi connectivity index (χ0) is 29.0. The van der Waals surface area contributed by atoms with Crippen LogP contribution in [0, 0.1) is 10.1 Å². The number of rotatable bonds is 5. The van der Waals surface area contributed by atoms with Gasteiger partial charge in [-0.3, -0.25) is 10.1 Å². The van der Waals surface area contributed by atoms with E-state index >= 15 is 0 Å². The van der Waals surface area contributed by atoms with E-state index in [9.17, 15) is 10.1 Å². The first-order valence-corrected chi connectivity index (χ1v) is 14.0. The molecule has 0 amide bonds. The van der Waals surface area contributed by atoms with E-state index in [4.69, 9.17) is 23.2 Å². The van der Waals surface area contributed by atoms with Crippen LogP contribution >= 0.6 is 23.2 Å². The summed E-state index contributed by atoms with van der Waals surface area (Å²) < 4.78 is 0. The molecule has 0 saturated heterocycles. The minimum Gasteiger partial charge on any atom is -0.347 e. The lowest BCUT2D eigenvalue weighted by Gasteiger charge is -2.26. The van der Waals surface area contributed by atoms with E-state index in [0.717, 1.165) is 33.4 Å². The van der Waals surface area contributed by atoms with Crippen LogP contribution in [0.4, 0.5) is 17.1 Å². The van der Waals surface area contributed by atoms with Crippen LogP contribution in [0.2, 0.25) is 10.0 Å². The van der Waals surface area contributed by atoms with Crippen LogP contribution in [0.1, 0.15) is 50.3 Å². The maximum Gasteiger partial charge on any atom is 0.269 e. The number of fused-ring (bicyclic) bond motifs is 2. The number of halogens is 2. The minimum absolute atomic E-state index is 0.0763. The molecule has 3 aromatic rings. The van der Waals surface area contributed by atoms with E-state index in [2.05, 4.69) is 88.0 Å². The Morgan fingerprint density at radius 2 is 1.30 bits per heavy atom. The summed E-state index contributed by atoms with van der Waals surface area (Å²) in [7, 11) is 4.15. The lowest BCUT2D eigenvalue weighted by Crippen LogP contribution is -2.23. The van der Waals surface area contributed by atoms with Gasteiger partial charge in [0.25, 0.3) is 5.69 Å². The highest BCUT2D eigenvalue weighted by Crippen LogP contribution is 2.49. The predicted octanol–water partition coefficient (Wildman–Crippen LogP) is 9.16. The largest absolute Gasteiger partial charge is 0.347 e. The highest BCUT2D eigenvalue weighted by atomic mass is 35.5. The molecule has 0 aliphatic carbocycles. The van der Waals surface area contributed by atoms with Crippen molar-refractivity contribution in [3.63, 3.8) is 0 Å². The van der Waals surface area contributed by atoms with Gasteiger partial charge in [0, 0.05) is 75.8 Å². The Morgan fingerprint density at radius 1 is 0.800 bits per heavy atom. The highest BCUT2D eigenvalue weighted by Gasteiger charge is 2.40. The second kappa shape index (κ2) is 10.1. The van der Waals surface area contributed by atoms with Gasteiger partial charge in [-0.05, 0) is 59.2 Å². The van der Waals surface area contributed by atoms with Crippen LogP contribution in [-0.2, 0) is 10.8 Å². The molecule has 7 heteroatoms. The average Bonchev–Trinajstić information content (AvgIpc) is 3.21. The lowest BCUT2D eigenvalue weighted by atomic mass is 9.82. The smallest absolute Gasteiger partial charge is 0.269 e. The number of hydrogen-bond donors (Lipinski definition) is 0. The van der Waals surface area contributed by atoms with E-state index in [1.807, 2.05) is 36.4 Å². The van der Waals surface area contributed by atoms with Gasteiger partial charge in [-0.25, -0.2) is 0 Å². The summed E-state index contributed by atoms with van der Waals surface area (Å²) in [5.74, 6) is -0.120. The summed E-state index contributed by atoms with van der Waals surface area (Å²) in [6.45, 7) is 8.82. The number of anilines is 2. The van der Waals surface area contributed by atoms with Crippen molar-refractivity contribution < 1.29 is 4.92 Å². The van der Waals surface area contributed by atoms with Gasteiger partial charge in [-0.2, -0.15) is 0 Å². The Labute approximate surface area is 246 Å². The van der Waals surface area contributed by atoms with Crippen molar-refractivity contribution in [1.29, 1.82) is 0 Å². The zero-order valence-corrected chi connectivity index (χ0v) is 25.1. The fourth-order valence-corrected chi connectivity index (χ4v) is 6.48. The van der Waals surface area contributed by atoms with Crippen molar-refractivity contribution in [2.75, 3.05) is 23.9 Å². The van der Waals surface area contributed by atoms with Crippen LogP contribution < -0.4 is 9.80 Å². The van der Waals surface area contributed by atoms with Crippen LogP contribution in [0.3, 0.4) is 0 Å². The Kier molecular flexibility index (Phi) is 7.10. The number of non-ortho nitro benzene ring substituents is 1. The SMILES string of the molecule is CN1/C(=C\C=C\C(/C=C2/N(C)c3ccc(Cl)cc3C2(C)C)c2ccc([N+](=O)[O-])cc2)C(C)(C)c2cc(Cl)ccc21. The number of allylic oxidation sites excluding steroid dienone is 6. The third-order valence-electron chi connectivity index (χ3n) is 8.39. The van der Waals surface area contributed by atoms with Crippen molar-refractivity contribution in [3.8, 4) is 0 Å². The van der Waals surface area contributed by atoms with Crippen molar-refractivity contribution in [2.24, 2.45) is 0 Å². The summed E-state index contributed by atoms with van der Waals surface area (Å²) >= 11 is 12.7. The molecule has 2 heterocycles. The molecule has 40 heavy (non-hydrogen) atoms. The number of nitro benzene ring substituents is 1. The molecular formula is C33H33Cl2N3O2. The molecule has 0 spiro atoms. The average molecular weight is 575 g/mol. The topological polar surface area (TPSA) is 49.6 Å². The quantitative estimate of drug-likeness (QED) is 0.225. The summed E-state index contributed by atoms with van der Waals surface area (Å²) in [4.78, 5) is 15.4. The van der Waals surface area contributed by atoms with Crippen LogP contribution in [0.15, 0.2) is 96.4 Å². The summed E-state index contributed by atoms with van der Waals surface area (Å²) in [6, 6.07) is 18.9. The molecule has 0 radical (unpaired) electrons. The molecular weight excluding hydrogens is 541 g/mol. The zero-order valence-electron chi connectivity index (χ0n) is 23.6. The van der Waals surface area contributed by atoms with Gasteiger partial charge >= 0.3 is 0 Å². The van der Waals surface area contributed by atoms with Crippen molar-refractivity contribution in [2.45, 2.75) is 44.4 Å². The molecule has 0 fully saturated rings. The second-order valence-corrected chi connectivity index (χ2v) is 12.4. The molecule has 5 nitrogen and oxygen atoms in total. The van der Waals surface area contributed by atoms with E-state index in [0.29, 0.717) is 5.02 Å². The Bertz CT molecular complexity index is 1590. The molecule has 2 aliphatic rings. The van der Waals surface area contributed by atoms with E-state index in [1.165, 1.54) is 11.1 Å². The number of nitrogens with zero attached hydrogens (tertiary/aromatic N) is 3. The number of likely N-dealkylation sites (N-methyl/N-ethyl adjacent to an activating group) is 2. The van der Waals surface area contributed by atoms with E-state index in [-0.39, 0.29) is 27.4 Å². The Balaban J connectivity index is 1.56. The first-order chi connectivity index (χ1) is 18.8. The van der Waals surface area contributed by atoms with Gasteiger partial charge in [0.15, 0.2) is 0 Å². The van der Waals surface area contributed by atoms with Crippen molar-refractivity contribution in [1.82, 2.24) is 0 Å². The third kappa shape index (κ3) is 4.71. The summed E-state index contributed by atoms with van der Waals surface area (Å²) in [5.41, 5.74) is 7.52. The van der Waals surface area contributed by atoms with Gasteiger partial charge in [-0.1, -0.05) is 81.3 Å². The maximum absolute atomic E-state index is 11.3. The molecule has 0 saturated carbocycles. The molecule has 0 N–H and O–H groups in total. The first-order valence-electron chi connectivity index (χ1n) is 13.3. The maximum atomic E-state index is 11.3. The number of benzene rings is 3. The summed E-state index contributed by atoms with van der Waals surface area (Å²) in [6.07, 6.45) is 8.65. The van der Waals surface area contributed by atoms with Crippen LogP contribution in [-0.4, -0.2) is 19.0 Å². The van der Waals surface area contributed by atoms with Crippen LogP contribution in [0.25, 0.3) is 0 Å². The Hall–Kier alpha value is -3.54. The second-order valence-electron chi connectivity index (χ2n) is 11.6. The summed E-state index contributed by atoms with van der Waals surface area (Å²) in [5, 5.41) is 12.8. The molecule has 5 rings (SSSR count). The van der Waals surface area contributed by atoms with Gasteiger partial charge in [0.2, 0.25) is 0 Å². The predicted molar refractivity (Wildman–Crippen MR) is 167 cm³/mol. The van der Waals surface area contributed by atoms with Gasteiger partial charge in [0.1, 0.15) is 0 Å². The van der Waals surface area contributed by atoms with E-state index in [1.54, 1.807) is 12.1 Å². The lowest BCUT2D eigenvalue weighted by molar-refractivity contribution is -0.384. The molecule has 2 aliphatic heterocycles. The molecule has 1 atom stereocenters. The fraction of sp³-hybridized carbons (Fsp3) is 0.273. The Morgan fingerprint density at radius 3 is 1.82 bits per heavy atom. The van der Waals surface area contributed by atoms with Crippen LogP contribution in [0.5, 0.6) is 0 Å². The molecule has 3 aromatic carbocycles. The third-order valence-corrected chi connectivity index (χ3v) is 8.86. The van der Waals surface area contributed by atoms with Gasteiger partial charge in [-0.15, -0.1) is 0 Å². The molecule has 0 bridgehead atoms. The molecule has 206 valence electrons. The molecule has 1 unspecified atom stereocenters.